The van der Waals surface area contributed by atoms with E-state index in [9.17, 15) is 0 Å². The highest BCUT2D eigenvalue weighted by atomic mass is 16.5. The summed E-state index contributed by atoms with van der Waals surface area (Å²) in [6.45, 7) is 6.35. The Bertz CT molecular complexity index is 319. The van der Waals surface area contributed by atoms with E-state index in [4.69, 9.17) is 4.74 Å². The van der Waals surface area contributed by atoms with Gasteiger partial charge in [-0.05, 0) is 40.2 Å². The van der Waals surface area contributed by atoms with Gasteiger partial charge in [-0.1, -0.05) is 0 Å². The Morgan fingerprint density at radius 1 is 1.42 bits per heavy atom. The van der Waals surface area contributed by atoms with Crippen LogP contribution in [0.3, 0.4) is 0 Å². The van der Waals surface area contributed by atoms with Gasteiger partial charge in [0.15, 0.2) is 5.96 Å². The highest BCUT2D eigenvalue weighted by Gasteiger charge is 2.41. The maximum absolute atomic E-state index is 5.85. The summed E-state index contributed by atoms with van der Waals surface area (Å²) in [5.41, 5.74) is 0. The molecule has 2 aliphatic rings. The molecule has 5 heteroatoms. The molecular formula is C14H28N4O. The Labute approximate surface area is 116 Å². The summed E-state index contributed by atoms with van der Waals surface area (Å²) in [5, 5.41) is 6.88. The molecule has 0 spiro atoms. The van der Waals surface area contributed by atoms with E-state index >= 15 is 0 Å². The van der Waals surface area contributed by atoms with Crippen LogP contribution in [-0.2, 0) is 4.74 Å². The van der Waals surface area contributed by atoms with Crippen molar-refractivity contribution in [3.05, 3.63) is 0 Å². The van der Waals surface area contributed by atoms with Gasteiger partial charge >= 0.3 is 0 Å². The van der Waals surface area contributed by atoms with Crippen LogP contribution in [0.5, 0.6) is 0 Å². The number of nitrogens with zero attached hydrogens (tertiary/aromatic N) is 2. The first kappa shape index (κ1) is 14.6. The normalized spacial score (nSPS) is 30.4. The van der Waals surface area contributed by atoms with Crippen molar-refractivity contribution >= 4 is 5.96 Å². The quantitative estimate of drug-likeness (QED) is 0.572. The van der Waals surface area contributed by atoms with Crippen LogP contribution in [0.4, 0.5) is 0 Å². The number of hydrogen-bond acceptors (Lipinski definition) is 3. The van der Waals surface area contributed by atoms with Gasteiger partial charge in [-0.2, -0.15) is 0 Å². The van der Waals surface area contributed by atoms with E-state index in [2.05, 4.69) is 41.4 Å². The molecule has 19 heavy (non-hydrogen) atoms. The van der Waals surface area contributed by atoms with Gasteiger partial charge < -0.3 is 20.3 Å². The summed E-state index contributed by atoms with van der Waals surface area (Å²) < 4.78 is 5.85. The van der Waals surface area contributed by atoms with Gasteiger partial charge in [0.1, 0.15) is 0 Å². The predicted octanol–water partition coefficient (Wildman–Crippen LogP) is 0.812. The topological polar surface area (TPSA) is 48.9 Å². The molecule has 2 rings (SSSR count). The van der Waals surface area contributed by atoms with Gasteiger partial charge in [0.2, 0.25) is 0 Å². The van der Waals surface area contributed by atoms with Crippen LogP contribution in [0.25, 0.3) is 0 Å². The number of ether oxygens (including phenoxy) is 1. The summed E-state index contributed by atoms with van der Waals surface area (Å²) in [6.07, 6.45) is 4.41. The molecule has 0 aromatic heterocycles. The van der Waals surface area contributed by atoms with E-state index in [1.165, 1.54) is 12.8 Å². The van der Waals surface area contributed by atoms with E-state index in [-0.39, 0.29) is 0 Å². The van der Waals surface area contributed by atoms with Crippen LogP contribution < -0.4 is 10.6 Å². The summed E-state index contributed by atoms with van der Waals surface area (Å²) in [5.74, 6) is 0.901. The third-order valence-electron chi connectivity index (χ3n) is 4.29. The van der Waals surface area contributed by atoms with E-state index in [1.807, 2.05) is 7.05 Å². The molecule has 3 unspecified atom stereocenters. The molecule has 110 valence electrons. The third kappa shape index (κ3) is 3.83. The summed E-state index contributed by atoms with van der Waals surface area (Å²) >= 11 is 0. The van der Waals surface area contributed by atoms with Gasteiger partial charge in [-0.15, -0.1) is 0 Å². The Morgan fingerprint density at radius 2 is 2.21 bits per heavy atom. The smallest absolute Gasteiger partial charge is 0.191 e. The zero-order valence-electron chi connectivity index (χ0n) is 12.6. The fourth-order valence-corrected chi connectivity index (χ4v) is 2.77. The van der Waals surface area contributed by atoms with Crippen molar-refractivity contribution in [1.82, 2.24) is 15.5 Å². The fourth-order valence-electron chi connectivity index (χ4n) is 2.77. The molecule has 0 saturated carbocycles. The zero-order valence-corrected chi connectivity index (χ0v) is 12.6. The second-order valence-electron chi connectivity index (χ2n) is 5.93. The van der Waals surface area contributed by atoms with Crippen molar-refractivity contribution in [3.63, 3.8) is 0 Å². The van der Waals surface area contributed by atoms with Gasteiger partial charge in [0, 0.05) is 26.2 Å². The molecule has 0 aliphatic carbocycles. The minimum Gasteiger partial charge on any atom is -0.373 e. The van der Waals surface area contributed by atoms with Crippen molar-refractivity contribution in [2.45, 2.75) is 57.4 Å². The molecule has 2 N–H and O–H groups in total. The maximum atomic E-state index is 5.85. The highest BCUT2D eigenvalue weighted by molar-refractivity contribution is 5.80. The van der Waals surface area contributed by atoms with Crippen LogP contribution >= 0.6 is 0 Å². The molecule has 0 amide bonds. The molecular weight excluding hydrogens is 240 g/mol. The minimum absolute atomic E-state index is 0.391. The molecule has 2 aliphatic heterocycles. The first-order valence-electron chi connectivity index (χ1n) is 7.43. The van der Waals surface area contributed by atoms with Crippen molar-refractivity contribution < 1.29 is 4.74 Å². The van der Waals surface area contributed by atoms with Crippen LogP contribution in [0.1, 0.15) is 33.1 Å². The first-order chi connectivity index (χ1) is 9.10. The summed E-state index contributed by atoms with van der Waals surface area (Å²) in [4.78, 5) is 6.62. The van der Waals surface area contributed by atoms with Crippen molar-refractivity contribution in [1.29, 1.82) is 0 Å². The number of nitrogens with one attached hydrogen (secondary N) is 2. The predicted molar refractivity (Wildman–Crippen MR) is 78.6 cm³/mol. The number of rotatable bonds is 5. The summed E-state index contributed by atoms with van der Waals surface area (Å²) in [7, 11) is 3.97. The Morgan fingerprint density at radius 3 is 2.74 bits per heavy atom. The Kier molecular flexibility index (Phi) is 5.05. The molecule has 2 fully saturated rings. The minimum atomic E-state index is 0.391. The average molecular weight is 268 g/mol. The van der Waals surface area contributed by atoms with E-state index < -0.39 is 0 Å². The van der Waals surface area contributed by atoms with Gasteiger partial charge in [0.05, 0.1) is 18.2 Å². The number of fused-ring (bicyclic) bond motifs is 2. The molecule has 2 saturated heterocycles. The van der Waals surface area contributed by atoms with Gasteiger partial charge in [-0.3, -0.25) is 4.99 Å². The average Bonchev–Trinajstić information content (AvgIpc) is 2.99. The van der Waals surface area contributed by atoms with Crippen LogP contribution in [-0.4, -0.2) is 62.3 Å². The summed E-state index contributed by atoms with van der Waals surface area (Å²) in [6, 6.07) is 1.02. The lowest BCUT2D eigenvalue weighted by Crippen LogP contribution is -2.49. The fraction of sp³-hybridized carbons (Fsp3) is 0.929. The van der Waals surface area contributed by atoms with Crippen LogP contribution in [0.15, 0.2) is 4.99 Å². The first-order valence-corrected chi connectivity index (χ1v) is 7.43. The van der Waals surface area contributed by atoms with Crippen molar-refractivity contribution in [3.8, 4) is 0 Å². The van der Waals surface area contributed by atoms with E-state index in [1.54, 1.807) is 0 Å². The SMILES string of the molecule is CN=C(NCCN(C)C(C)C)NC1CC2CCC1O2. The number of hydrogen-bond donors (Lipinski definition) is 2. The monoisotopic (exact) mass is 268 g/mol. The second-order valence-corrected chi connectivity index (χ2v) is 5.93. The van der Waals surface area contributed by atoms with E-state index in [0.717, 1.165) is 25.5 Å². The lowest BCUT2D eigenvalue weighted by atomic mass is 9.96. The van der Waals surface area contributed by atoms with E-state index in [0.29, 0.717) is 24.3 Å². The molecule has 3 atom stereocenters. The number of aliphatic imine (C=N–C) groups is 1. The molecule has 5 nitrogen and oxygen atoms in total. The maximum Gasteiger partial charge on any atom is 0.191 e. The highest BCUT2D eigenvalue weighted by Crippen LogP contribution is 2.34. The number of guanidine groups is 1. The van der Waals surface area contributed by atoms with Crippen LogP contribution in [0, 0.1) is 0 Å². The van der Waals surface area contributed by atoms with Crippen LogP contribution in [0.2, 0.25) is 0 Å². The van der Waals surface area contributed by atoms with Crippen molar-refractivity contribution in [2.75, 3.05) is 27.2 Å². The Hall–Kier alpha value is -0.810. The molecule has 0 aromatic rings. The molecule has 0 radical (unpaired) electrons. The van der Waals surface area contributed by atoms with Gasteiger partial charge in [0.25, 0.3) is 0 Å². The zero-order chi connectivity index (χ0) is 13.8. The largest absolute Gasteiger partial charge is 0.373 e. The lowest BCUT2D eigenvalue weighted by molar-refractivity contribution is 0.0992. The third-order valence-corrected chi connectivity index (χ3v) is 4.29. The standard InChI is InChI=1S/C14H28N4O/c1-10(2)18(4)8-7-16-14(15-3)17-12-9-11-5-6-13(12)19-11/h10-13H,5-9H2,1-4H3,(H2,15,16,17). The molecule has 2 bridgehead atoms. The van der Waals surface area contributed by atoms with Gasteiger partial charge in [-0.25, -0.2) is 0 Å². The Balaban J connectivity index is 1.69. The number of likely N-dealkylation sites (N-methyl/N-ethyl adjacent to an activating group) is 1. The van der Waals surface area contributed by atoms with Crippen molar-refractivity contribution in [2.24, 2.45) is 4.99 Å². The lowest BCUT2D eigenvalue weighted by Gasteiger charge is -2.24. The molecule has 0 aromatic carbocycles. The second kappa shape index (κ2) is 6.57. The molecule has 2 heterocycles.